The normalized spacial score (nSPS) is 26.2. The van der Waals surface area contributed by atoms with E-state index < -0.39 is 30.1 Å². The number of unbranched alkanes of at least 4 members (excludes halogenated alkanes) is 3. The first-order valence-electron chi connectivity index (χ1n) is 9.90. The third-order valence-electron chi connectivity index (χ3n) is 5.74. The molecule has 5 unspecified atom stereocenters. The molecule has 1 fully saturated rings. The summed E-state index contributed by atoms with van der Waals surface area (Å²) in [5.41, 5.74) is 0.264. The van der Waals surface area contributed by atoms with E-state index in [1.54, 1.807) is 18.2 Å². The predicted molar refractivity (Wildman–Crippen MR) is 99.5 cm³/mol. The van der Waals surface area contributed by atoms with Crippen molar-refractivity contribution >= 4 is 5.97 Å². The van der Waals surface area contributed by atoms with Gasteiger partial charge in [-0.3, -0.25) is 4.79 Å². The van der Waals surface area contributed by atoms with Gasteiger partial charge in [0.05, 0.1) is 18.3 Å². The van der Waals surface area contributed by atoms with Crippen LogP contribution in [-0.4, -0.2) is 38.6 Å². The maximum Gasteiger partial charge on any atom is 0.303 e. The molecule has 152 valence electrons. The minimum Gasteiger partial charge on any atom is -0.481 e. The van der Waals surface area contributed by atoms with Crippen LogP contribution in [0.15, 0.2) is 24.3 Å². The maximum atomic E-state index is 13.8. The van der Waals surface area contributed by atoms with E-state index in [1.807, 2.05) is 0 Å². The summed E-state index contributed by atoms with van der Waals surface area (Å²) in [4.78, 5) is 10.5. The lowest BCUT2D eigenvalue weighted by Gasteiger charge is -2.24. The number of hydrogen-bond donors (Lipinski definition) is 4. The molecular weight excluding hydrogens is 351 g/mol. The van der Waals surface area contributed by atoms with Crippen LogP contribution in [-0.2, 0) is 4.79 Å². The lowest BCUT2D eigenvalue weighted by atomic mass is 9.84. The molecule has 0 bridgehead atoms. The van der Waals surface area contributed by atoms with Gasteiger partial charge in [0.1, 0.15) is 5.82 Å². The zero-order valence-corrected chi connectivity index (χ0v) is 15.6. The van der Waals surface area contributed by atoms with Crippen LogP contribution >= 0.6 is 0 Å². The highest BCUT2D eigenvalue weighted by atomic mass is 19.1. The second-order valence-corrected chi connectivity index (χ2v) is 7.66. The molecule has 0 saturated heterocycles. The fourth-order valence-corrected chi connectivity index (χ4v) is 4.24. The SMILES string of the molecule is O=C(O)CCCCCCC1C(O)CC(O)C1CCC(O)c1ccccc1F. The smallest absolute Gasteiger partial charge is 0.303 e. The van der Waals surface area contributed by atoms with Crippen molar-refractivity contribution in [1.82, 2.24) is 0 Å². The number of aliphatic hydroxyl groups excluding tert-OH is 3. The molecule has 1 aliphatic rings. The molecule has 1 saturated carbocycles. The Morgan fingerprint density at radius 2 is 1.67 bits per heavy atom. The highest BCUT2D eigenvalue weighted by Gasteiger charge is 2.40. The molecule has 0 radical (unpaired) electrons. The number of halogens is 1. The predicted octanol–water partition coefficient (Wildman–Crippen LogP) is 3.42. The number of aliphatic carboxylic acids is 1. The first-order valence-corrected chi connectivity index (χ1v) is 9.90. The van der Waals surface area contributed by atoms with E-state index in [2.05, 4.69) is 0 Å². The number of carboxylic acids is 1. The number of benzene rings is 1. The van der Waals surface area contributed by atoms with Gasteiger partial charge in [0.25, 0.3) is 0 Å². The molecule has 1 aromatic carbocycles. The van der Waals surface area contributed by atoms with E-state index in [4.69, 9.17) is 5.11 Å². The molecule has 2 rings (SSSR count). The Hall–Kier alpha value is -1.50. The summed E-state index contributed by atoms with van der Waals surface area (Å²) in [5.74, 6) is -1.36. The molecule has 0 amide bonds. The Labute approximate surface area is 159 Å². The van der Waals surface area contributed by atoms with Gasteiger partial charge in [-0.15, -0.1) is 0 Å². The van der Waals surface area contributed by atoms with Crippen molar-refractivity contribution in [3.63, 3.8) is 0 Å². The monoisotopic (exact) mass is 382 g/mol. The molecule has 0 aliphatic heterocycles. The summed E-state index contributed by atoms with van der Waals surface area (Å²) in [6.07, 6.45) is 3.33. The van der Waals surface area contributed by atoms with E-state index in [-0.39, 0.29) is 23.8 Å². The van der Waals surface area contributed by atoms with Crippen molar-refractivity contribution in [3.05, 3.63) is 35.6 Å². The summed E-state index contributed by atoms with van der Waals surface area (Å²) in [6, 6.07) is 6.15. The lowest BCUT2D eigenvalue weighted by molar-refractivity contribution is -0.137. The van der Waals surface area contributed by atoms with E-state index in [0.29, 0.717) is 25.7 Å². The number of aliphatic hydroxyl groups is 3. The molecule has 4 N–H and O–H groups in total. The Morgan fingerprint density at radius 3 is 2.33 bits per heavy atom. The average Bonchev–Trinajstić information content (AvgIpc) is 2.89. The summed E-state index contributed by atoms with van der Waals surface area (Å²) in [5, 5.41) is 39.5. The second kappa shape index (κ2) is 10.7. The van der Waals surface area contributed by atoms with Crippen LogP contribution in [0.3, 0.4) is 0 Å². The van der Waals surface area contributed by atoms with E-state index in [1.165, 1.54) is 6.07 Å². The molecule has 5 atom stereocenters. The number of carboxylic acid groups (broad SMARTS) is 1. The highest BCUT2D eigenvalue weighted by molar-refractivity contribution is 5.66. The minimum atomic E-state index is -0.923. The first-order chi connectivity index (χ1) is 12.9. The van der Waals surface area contributed by atoms with Gasteiger partial charge in [-0.25, -0.2) is 4.39 Å². The van der Waals surface area contributed by atoms with Crippen molar-refractivity contribution < 1.29 is 29.6 Å². The van der Waals surface area contributed by atoms with Crippen LogP contribution in [0.1, 0.15) is 69.5 Å². The van der Waals surface area contributed by atoms with Crippen molar-refractivity contribution in [3.8, 4) is 0 Å². The average molecular weight is 382 g/mol. The zero-order chi connectivity index (χ0) is 19.8. The molecule has 6 heteroatoms. The zero-order valence-electron chi connectivity index (χ0n) is 15.6. The standard InChI is InChI=1S/C21H31FO5/c22-17-9-6-5-8-16(17)18(23)12-11-15-14(19(24)13-20(15)25)7-3-1-2-4-10-21(26)27/h5-6,8-9,14-15,18-20,23-25H,1-4,7,10-13H2,(H,26,27). The van der Waals surface area contributed by atoms with Crippen LogP contribution in [0.25, 0.3) is 0 Å². The lowest BCUT2D eigenvalue weighted by Crippen LogP contribution is -2.23. The van der Waals surface area contributed by atoms with Crippen LogP contribution in [0.2, 0.25) is 0 Å². The summed E-state index contributed by atoms with van der Waals surface area (Å²) < 4.78 is 13.8. The quantitative estimate of drug-likeness (QED) is 0.440. The van der Waals surface area contributed by atoms with Gasteiger partial charge in [0.15, 0.2) is 0 Å². The largest absolute Gasteiger partial charge is 0.481 e. The summed E-state index contributed by atoms with van der Waals surface area (Å²) >= 11 is 0. The van der Waals surface area contributed by atoms with Crippen LogP contribution in [0.4, 0.5) is 4.39 Å². The van der Waals surface area contributed by atoms with Crippen molar-refractivity contribution in [2.45, 2.75) is 76.1 Å². The van der Waals surface area contributed by atoms with Crippen LogP contribution in [0, 0.1) is 17.7 Å². The molecule has 0 heterocycles. The molecule has 0 spiro atoms. The van der Waals surface area contributed by atoms with E-state index in [0.717, 1.165) is 25.7 Å². The van der Waals surface area contributed by atoms with Crippen molar-refractivity contribution in [2.75, 3.05) is 0 Å². The molecular formula is C21H31FO5. The van der Waals surface area contributed by atoms with Gasteiger partial charge >= 0.3 is 5.97 Å². The Bertz CT molecular complexity index is 594. The Kier molecular flexibility index (Phi) is 8.67. The van der Waals surface area contributed by atoms with Gasteiger partial charge < -0.3 is 20.4 Å². The van der Waals surface area contributed by atoms with E-state index in [9.17, 15) is 24.5 Å². The number of carbonyl (C=O) groups is 1. The van der Waals surface area contributed by atoms with Crippen LogP contribution < -0.4 is 0 Å². The van der Waals surface area contributed by atoms with Gasteiger partial charge in [-0.1, -0.05) is 37.5 Å². The highest BCUT2D eigenvalue weighted by Crippen LogP contribution is 2.40. The minimum absolute atomic E-state index is 0.0349. The molecule has 1 aliphatic carbocycles. The van der Waals surface area contributed by atoms with E-state index >= 15 is 0 Å². The van der Waals surface area contributed by atoms with Crippen molar-refractivity contribution in [2.24, 2.45) is 11.8 Å². The molecule has 1 aromatic rings. The first kappa shape index (κ1) is 21.8. The van der Waals surface area contributed by atoms with Gasteiger partial charge in [0.2, 0.25) is 0 Å². The third-order valence-corrected chi connectivity index (χ3v) is 5.74. The van der Waals surface area contributed by atoms with Gasteiger partial charge in [-0.05, 0) is 50.0 Å². The van der Waals surface area contributed by atoms with Crippen LogP contribution in [0.5, 0.6) is 0 Å². The topological polar surface area (TPSA) is 98.0 Å². The second-order valence-electron chi connectivity index (χ2n) is 7.66. The van der Waals surface area contributed by atoms with Gasteiger partial charge in [-0.2, -0.15) is 0 Å². The number of hydrogen-bond acceptors (Lipinski definition) is 4. The third kappa shape index (κ3) is 6.55. The summed E-state index contributed by atoms with van der Waals surface area (Å²) in [6.45, 7) is 0. The fourth-order valence-electron chi connectivity index (χ4n) is 4.24. The molecule has 5 nitrogen and oxygen atoms in total. The van der Waals surface area contributed by atoms with Gasteiger partial charge in [0, 0.05) is 12.0 Å². The fraction of sp³-hybridized carbons (Fsp3) is 0.667. The van der Waals surface area contributed by atoms with Crippen molar-refractivity contribution in [1.29, 1.82) is 0 Å². The summed E-state index contributed by atoms with van der Waals surface area (Å²) in [7, 11) is 0. The molecule has 27 heavy (non-hydrogen) atoms. The Morgan fingerprint density at radius 1 is 1.04 bits per heavy atom. The maximum absolute atomic E-state index is 13.8. The number of rotatable bonds is 11. The molecule has 0 aromatic heterocycles. The Balaban J connectivity index is 1.80.